The van der Waals surface area contributed by atoms with Crippen molar-refractivity contribution in [3.05, 3.63) is 113 Å². The van der Waals surface area contributed by atoms with Gasteiger partial charge in [-0.1, -0.05) is 69.3 Å². The second-order valence-corrected chi connectivity index (χ2v) is 27.0. The monoisotopic (exact) mass is 1190 g/mol. The third-order valence-electron chi connectivity index (χ3n) is 16.4. The van der Waals surface area contributed by atoms with E-state index in [0.717, 1.165) is 104 Å². The number of piperazine rings is 1. The number of piperidine rings is 1. The number of aryl methyl sites for hydroxylation is 1. The van der Waals surface area contributed by atoms with Crippen molar-refractivity contribution in [3.8, 4) is 16.2 Å². The van der Waals surface area contributed by atoms with Gasteiger partial charge in [-0.25, -0.2) is 28.4 Å². The Hall–Kier alpha value is -5.78. The zero-order chi connectivity index (χ0) is 59.8. The molecule has 2 N–H and O–H groups in total. The fraction of sp³-hybridized carbons (Fsp3) is 0.571. The number of sulfone groups is 1. The van der Waals surface area contributed by atoms with Gasteiger partial charge in [-0.15, -0.1) is 11.3 Å². The number of thiazole rings is 1. The summed E-state index contributed by atoms with van der Waals surface area (Å²) in [7, 11) is -1.77. The van der Waals surface area contributed by atoms with Crippen LogP contribution < -0.4 is 15.0 Å². The molecule has 0 aliphatic carbocycles. The average molecular weight is 1190 g/mol. The Bertz CT molecular complexity index is 3050. The van der Waals surface area contributed by atoms with E-state index in [1.165, 1.54) is 11.2 Å². The second-order valence-electron chi connectivity index (χ2n) is 23.6. The molecule has 5 heterocycles. The number of aliphatic hydroxyl groups excluding tert-OH is 1. The van der Waals surface area contributed by atoms with Crippen LogP contribution in [0.3, 0.4) is 0 Å². The fourth-order valence-corrected chi connectivity index (χ4v) is 13.4. The van der Waals surface area contributed by atoms with E-state index >= 15 is 0 Å². The largest absolute Gasteiger partial charge is 0.496 e. The first-order chi connectivity index (χ1) is 40.4. The zero-order valence-electron chi connectivity index (χ0n) is 50.2. The minimum absolute atomic E-state index is 0.0191. The second kappa shape index (κ2) is 30.5. The Morgan fingerprint density at radius 1 is 0.821 bits per heavy atom. The number of β-amino-alcohol motifs (C(OH)–C–C–N with tert-alkyl or cyclic N) is 1. The van der Waals surface area contributed by atoms with Gasteiger partial charge in [0.25, 0.3) is 0 Å². The molecule has 2 amide bonds. The molecule has 3 aliphatic heterocycles. The summed E-state index contributed by atoms with van der Waals surface area (Å²) in [5.74, 6) is 0.499. The Labute approximate surface area is 500 Å². The Kier molecular flexibility index (Phi) is 23.3. The molecule has 19 nitrogen and oxygen atoms in total. The summed E-state index contributed by atoms with van der Waals surface area (Å²) in [5, 5.41) is 13.0. The molecular formula is C63H87N9O10S2. The number of anilines is 1. The molecule has 0 radical (unpaired) electrons. The third kappa shape index (κ3) is 17.7. The SMILES string of the molecule is COc1cc(N2CCC(N3CCN(CCCOCCOCCOCCC(=O)C[C@H](C(=O)N4C[C@H](O)C[C@H]4C(=O)NCc4ccc(-c5scnc5C)cc4)C(C)(C)C)CC3)CC2)ccc1Cc1ncnc(Cc2ccccc2S(=O)(=O)C(C)C)n1. The Morgan fingerprint density at radius 2 is 1.49 bits per heavy atom. The number of hydrogen-bond acceptors (Lipinski definition) is 18. The van der Waals surface area contributed by atoms with Crippen molar-refractivity contribution in [1.29, 1.82) is 0 Å². The number of hydrogen-bond donors (Lipinski definition) is 2. The highest BCUT2D eigenvalue weighted by Gasteiger charge is 2.44. The van der Waals surface area contributed by atoms with Crippen LogP contribution in [-0.2, 0) is 57.8 Å². The van der Waals surface area contributed by atoms with Crippen molar-refractivity contribution < 1.29 is 46.9 Å². The number of amides is 2. The van der Waals surface area contributed by atoms with Gasteiger partial charge in [0.15, 0.2) is 9.84 Å². The summed E-state index contributed by atoms with van der Waals surface area (Å²) in [6, 6.07) is 21.1. The summed E-state index contributed by atoms with van der Waals surface area (Å²) in [5.41, 5.74) is 6.99. The molecule has 21 heteroatoms. The highest BCUT2D eigenvalue weighted by atomic mass is 32.2. The van der Waals surface area contributed by atoms with Crippen LogP contribution in [0.25, 0.3) is 10.4 Å². The van der Waals surface area contributed by atoms with Crippen molar-refractivity contribution in [2.24, 2.45) is 11.3 Å². The molecule has 0 unspecified atom stereocenters. The number of aliphatic hydroxyl groups is 1. The number of methoxy groups -OCH3 is 1. The normalized spacial score (nSPS) is 17.9. The molecule has 3 atom stereocenters. The van der Waals surface area contributed by atoms with E-state index in [4.69, 9.17) is 23.9 Å². The van der Waals surface area contributed by atoms with Gasteiger partial charge in [0.05, 0.1) is 72.5 Å². The number of aromatic nitrogens is 4. The smallest absolute Gasteiger partial charge is 0.243 e. The number of ketones is 1. The van der Waals surface area contributed by atoms with Crippen molar-refractivity contribution >= 4 is 44.5 Å². The van der Waals surface area contributed by atoms with Crippen LogP contribution in [0.15, 0.2) is 83.5 Å². The highest BCUT2D eigenvalue weighted by Crippen LogP contribution is 2.35. The minimum Gasteiger partial charge on any atom is -0.496 e. The maximum absolute atomic E-state index is 14.1. The van der Waals surface area contributed by atoms with Crippen molar-refractivity contribution in [2.45, 2.75) is 128 Å². The zero-order valence-corrected chi connectivity index (χ0v) is 51.8. The van der Waals surface area contributed by atoms with E-state index in [0.29, 0.717) is 67.6 Å². The van der Waals surface area contributed by atoms with E-state index in [2.05, 4.69) is 53.2 Å². The number of benzene rings is 3. The lowest BCUT2D eigenvalue weighted by Crippen LogP contribution is -2.53. The van der Waals surface area contributed by atoms with Gasteiger partial charge in [0, 0.05) is 127 Å². The van der Waals surface area contributed by atoms with Crippen molar-refractivity contribution in [1.82, 2.24) is 40.0 Å². The molecule has 456 valence electrons. The van der Waals surface area contributed by atoms with Gasteiger partial charge < -0.3 is 44.1 Å². The number of carbonyl (C=O) groups excluding carboxylic acids is 3. The van der Waals surface area contributed by atoms with Crippen LogP contribution in [0.1, 0.15) is 107 Å². The van der Waals surface area contributed by atoms with Crippen LogP contribution in [0.5, 0.6) is 5.75 Å². The molecular weight excluding hydrogens is 1110 g/mol. The van der Waals surface area contributed by atoms with Gasteiger partial charge in [-0.3, -0.25) is 19.3 Å². The van der Waals surface area contributed by atoms with E-state index in [1.807, 2.05) is 69.6 Å². The van der Waals surface area contributed by atoms with E-state index in [9.17, 15) is 27.9 Å². The van der Waals surface area contributed by atoms with E-state index < -0.39 is 38.6 Å². The van der Waals surface area contributed by atoms with E-state index in [1.54, 1.807) is 44.4 Å². The minimum atomic E-state index is -3.46. The topological polar surface area (TPSA) is 219 Å². The predicted molar refractivity (Wildman–Crippen MR) is 325 cm³/mol. The van der Waals surface area contributed by atoms with Crippen molar-refractivity contribution in [2.75, 3.05) is 104 Å². The first-order valence-electron chi connectivity index (χ1n) is 29.7. The van der Waals surface area contributed by atoms with Gasteiger partial charge in [-0.05, 0) is 74.3 Å². The molecule has 3 aliphatic rings. The molecule has 84 heavy (non-hydrogen) atoms. The number of nitrogens with zero attached hydrogens (tertiary/aromatic N) is 8. The summed E-state index contributed by atoms with van der Waals surface area (Å²) in [4.78, 5) is 69.2. The Morgan fingerprint density at radius 3 is 2.14 bits per heavy atom. The van der Waals surface area contributed by atoms with Gasteiger partial charge in [-0.2, -0.15) is 0 Å². The number of ether oxygens (including phenoxy) is 4. The highest BCUT2D eigenvalue weighted by molar-refractivity contribution is 7.92. The molecule has 3 saturated heterocycles. The quantitative estimate of drug-likeness (QED) is 0.0461. The molecule has 0 spiro atoms. The van der Waals surface area contributed by atoms with Gasteiger partial charge in [0.2, 0.25) is 11.8 Å². The molecule has 0 bridgehead atoms. The van der Waals surface area contributed by atoms with Crippen LogP contribution in [0.4, 0.5) is 5.69 Å². The van der Waals surface area contributed by atoms with Crippen LogP contribution in [0.2, 0.25) is 0 Å². The van der Waals surface area contributed by atoms with Crippen molar-refractivity contribution in [3.63, 3.8) is 0 Å². The molecule has 8 rings (SSSR count). The fourth-order valence-electron chi connectivity index (χ4n) is 11.4. The lowest BCUT2D eigenvalue weighted by atomic mass is 9.76. The van der Waals surface area contributed by atoms with Crippen LogP contribution in [0, 0.1) is 18.3 Å². The predicted octanol–water partition coefficient (Wildman–Crippen LogP) is 6.99. The number of nitrogens with one attached hydrogen (secondary N) is 1. The Balaban J connectivity index is 0.651. The standard InChI is InChI=1S/C63H87N9O10S2/c1-44(2)84(77,78)57-12-9-8-11-49(57)36-59-66-42-65-58(68-59)35-48-17-18-51(37-56(48)79-7)70-23-19-50(20-24-70)71-27-25-69(26-28-71)22-10-29-80-31-33-82-34-32-81-30-21-52(73)38-54(63(4,5)6)62(76)72-41-53(74)39-55(72)61(75)64-40-46-13-15-47(16-14-46)60-45(3)67-43-83-60/h8-9,11-18,37,42-44,50,53-55,74H,10,19-36,38-41H2,1-7H3,(H,64,75)/t53-,54-,55+/m1/s1. The molecule has 2 aromatic heterocycles. The average Bonchev–Trinajstić information content (AvgIpc) is 3.17. The summed E-state index contributed by atoms with van der Waals surface area (Å²) < 4.78 is 49.3. The summed E-state index contributed by atoms with van der Waals surface area (Å²) in [6.45, 7) is 21.2. The number of carbonyl (C=O) groups is 3. The number of likely N-dealkylation sites (tertiary alicyclic amines) is 1. The summed E-state index contributed by atoms with van der Waals surface area (Å²) in [6.07, 6.45) is 4.88. The van der Waals surface area contributed by atoms with E-state index in [-0.39, 0.29) is 63.0 Å². The van der Waals surface area contributed by atoms with Crippen LogP contribution in [-0.4, -0.2) is 188 Å². The summed E-state index contributed by atoms with van der Waals surface area (Å²) >= 11 is 1.58. The van der Waals surface area contributed by atoms with Gasteiger partial charge >= 0.3 is 0 Å². The lowest BCUT2D eigenvalue weighted by molar-refractivity contribution is -0.146. The molecule has 3 aromatic carbocycles. The molecule has 5 aromatic rings. The first kappa shape index (κ1) is 64.2. The van der Waals surface area contributed by atoms with Gasteiger partial charge in [0.1, 0.15) is 35.6 Å². The first-order valence-corrected chi connectivity index (χ1v) is 32.2. The number of Topliss-reactive ketones (excluding diaryl/α,β-unsaturated/α-hetero) is 1. The third-order valence-corrected chi connectivity index (χ3v) is 19.6. The van der Waals surface area contributed by atoms with Crippen LogP contribution >= 0.6 is 11.3 Å². The maximum atomic E-state index is 14.1. The lowest BCUT2D eigenvalue weighted by Gasteiger charge is -2.43. The molecule has 0 saturated carbocycles. The molecule has 3 fully saturated rings. The maximum Gasteiger partial charge on any atom is 0.243 e. The number of rotatable bonds is 29.